The summed E-state index contributed by atoms with van der Waals surface area (Å²) in [5.41, 5.74) is 8.10. The average Bonchev–Trinajstić information content (AvgIpc) is 2.39. The molecule has 1 aromatic heterocycles. The summed E-state index contributed by atoms with van der Waals surface area (Å²) < 4.78 is 0. The molecule has 3 heteroatoms. The van der Waals surface area contributed by atoms with Crippen LogP contribution < -0.4 is 11.1 Å². The van der Waals surface area contributed by atoms with Gasteiger partial charge in [0.15, 0.2) is 0 Å². The van der Waals surface area contributed by atoms with E-state index in [1.54, 1.807) is 0 Å². The molecule has 0 aliphatic heterocycles. The van der Waals surface area contributed by atoms with E-state index < -0.39 is 0 Å². The first-order valence-electron chi connectivity index (χ1n) is 6.48. The number of hydrogen-bond donors (Lipinski definition) is 2. The van der Waals surface area contributed by atoms with E-state index >= 15 is 0 Å². The van der Waals surface area contributed by atoms with Crippen LogP contribution in [0.15, 0.2) is 36.5 Å². The number of nitrogens with two attached hydrogens (primary N) is 1. The Hall–Kier alpha value is -1.45. The molecule has 0 aliphatic rings. The molecule has 0 saturated carbocycles. The van der Waals surface area contributed by atoms with E-state index in [4.69, 9.17) is 5.73 Å². The van der Waals surface area contributed by atoms with Gasteiger partial charge < -0.3 is 11.1 Å². The Bertz CT molecular complexity index is 503. The van der Waals surface area contributed by atoms with Crippen LogP contribution in [0.4, 0.5) is 0 Å². The highest BCUT2D eigenvalue weighted by Crippen LogP contribution is 2.16. The van der Waals surface area contributed by atoms with Gasteiger partial charge in [-0.05, 0) is 23.6 Å². The monoisotopic (exact) mass is 243 g/mol. The maximum atomic E-state index is 5.78. The summed E-state index contributed by atoms with van der Waals surface area (Å²) in [6.07, 6.45) is 1.83. The fourth-order valence-corrected chi connectivity index (χ4v) is 2.15. The highest BCUT2D eigenvalue weighted by atomic mass is 14.9. The Kier molecular flexibility index (Phi) is 4.28. The van der Waals surface area contributed by atoms with Gasteiger partial charge in [-0.2, -0.15) is 0 Å². The van der Waals surface area contributed by atoms with Crippen LogP contribution in [0.25, 0.3) is 10.9 Å². The molecule has 1 unspecified atom stereocenters. The highest BCUT2D eigenvalue weighted by Gasteiger charge is 2.10. The van der Waals surface area contributed by atoms with Crippen LogP contribution in [0.5, 0.6) is 0 Å². The van der Waals surface area contributed by atoms with E-state index in [0.29, 0.717) is 18.5 Å². The third kappa shape index (κ3) is 2.86. The van der Waals surface area contributed by atoms with Gasteiger partial charge >= 0.3 is 0 Å². The number of rotatable bonds is 5. The van der Waals surface area contributed by atoms with Crippen molar-refractivity contribution in [1.82, 2.24) is 10.3 Å². The smallest absolute Gasteiger partial charge is 0.0705 e. The summed E-state index contributed by atoms with van der Waals surface area (Å²) in [6, 6.07) is 10.7. The lowest BCUT2D eigenvalue weighted by atomic mass is 10.0. The predicted octanol–water partition coefficient (Wildman–Crippen LogP) is 2.31. The van der Waals surface area contributed by atoms with E-state index in [1.807, 2.05) is 18.3 Å². The number of benzene rings is 1. The Morgan fingerprint density at radius 1 is 1.22 bits per heavy atom. The Labute approximate surface area is 108 Å². The van der Waals surface area contributed by atoms with Crippen LogP contribution >= 0.6 is 0 Å². The molecule has 0 saturated heterocycles. The number of hydrogen-bond acceptors (Lipinski definition) is 3. The number of aromatic nitrogens is 1. The van der Waals surface area contributed by atoms with Gasteiger partial charge in [-0.3, -0.25) is 4.98 Å². The molecule has 0 bridgehead atoms. The number of fused-ring (bicyclic) bond motifs is 1. The van der Waals surface area contributed by atoms with Gasteiger partial charge in [0.05, 0.1) is 5.52 Å². The van der Waals surface area contributed by atoms with Crippen molar-refractivity contribution in [2.45, 2.75) is 26.4 Å². The Morgan fingerprint density at radius 2 is 2.06 bits per heavy atom. The van der Waals surface area contributed by atoms with Crippen molar-refractivity contribution in [3.05, 3.63) is 42.1 Å². The summed E-state index contributed by atoms with van der Waals surface area (Å²) in [6.45, 7) is 5.88. The van der Waals surface area contributed by atoms with Gasteiger partial charge in [0.1, 0.15) is 0 Å². The lowest BCUT2D eigenvalue weighted by molar-refractivity contribution is 0.405. The fourth-order valence-electron chi connectivity index (χ4n) is 2.15. The number of nitrogens with zero attached hydrogens (tertiary/aromatic N) is 1. The zero-order chi connectivity index (χ0) is 13.0. The molecule has 0 amide bonds. The van der Waals surface area contributed by atoms with Crippen LogP contribution in [0.3, 0.4) is 0 Å². The summed E-state index contributed by atoms with van der Waals surface area (Å²) in [7, 11) is 0. The van der Waals surface area contributed by atoms with Crippen molar-refractivity contribution >= 4 is 10.9 Å². The van der Waals surface area contributed by atoms with E-state index in [9.17, 15) is 0 Å². The molecule has 1 heterocycles. The van der Waals surface area contributed by atoms with Gasteiger partial charge in [0, 0.05) is 30.7 Å². The SMILES string of the molecule is CC(C)C(CN)NCc1cccc2ncccc12. The van der Waals surface area contributed by atoms with E-state index in [2.05, 4.69) is 42.3 Å². The third-order valence-corrected chi connectivity index (χ3v) is 3.35. The molecule has 1 atom stereocenters. The first-order chi connectivity index (χ1) is 8.72. The minimum atomic E-state index is 0.358. The van der Waals surface area contributed by atoms with E-state index in [0.717, 1.165) is 12.1 Å². The maximum Gasteiger partial charge on any atom is 0.0705 e. The molecule has 1 aromatic carbocycles. The summed E-state index contributed by atoms with van der Waals surface area (Å²) in [4.78, 5) is 4.37. The highest BCUT2D eigenvalue weighted by molar-refractivity contribution is 5.81. The maximum absolute atomic E-state index is 5.78. The lowest BCUT2D eigenvalue weighted by Crippen LogP contribution is -2.39. The summed E-state index contributed by atoms with van der Waals surface area (Å²) in [5.74, 6) is 0.545. The number of pyridine rings is 1. The molecule has 2 aromatic rings. The molecule has 0 aliphatic carbocycles. The van der Waals surface area contributed by atoms with Crippen molar-refractivity contribution in [2.24, 2.45) is 11.7 Å². The fraction of sp³-hybridized carbons (Fsp3) is 0.400. The van der Waals surface area contributed by atoms with Crippen molar-refractivity contribution in [2.75, 3.05) is 6.54 Å². The van der Waals surface area contributed by atoms with Crippen molar-refractivity contribution in [1.29, 1.82) is 0 Å². The molecule has 2 rings (SSSR count). The number of nitrogens with one attached hydrogen (secondary N) is 1. The van der Waals surface area contributed by atoms with Crippen LogP contribution in [0.2, 0.25) is 0 Å². The van der Waals surface area contributed by atoms with Gasteiger partial charge in [0.25, 0.3) is 0 Å². The molecule has 0 spiro atoms. The predicted molar refractivity (Wildman–Crippen MR) is 76.3 cm³/mol. The second kappa shape index (κ2) is 5.94. The first kappa shape index (κ1) is 13.0. The normalized spacial score (nSPS) is 13.1. The molecule has 3 N–H and O–H groups in total. The van der Waals surface area contributed by atoms with Crippen LogP contribution in [-0.2, 0) is 6.54 Å². The quantitative estimate of drug-likeness (QED) is 0.847. The van der Waals surface area contributed by atoms with Crippen LogP contribution in [-0.4, -0.2) is 17.6 Å². The molecular formula is C15H21N3. The zero-order valence-electron chi connectivity index (χ0n) is 11.1. The average molecular weight is 243 g/mol. The lowest BCUT2D eigenvalue weighted by Gasteiger charge is -2.21. The molecule has 0 fully saturated rings. The van der Waals surface area contributed by atoms with Gasteiger partial charge in [-0.15, -0.1) is 0 Å². The molecule has 96 valence electrons. The molecule has 18 heavy (non-hydrogen) atoms. The molecular weight excluding hydrogens is 222 g/mol. The minimum Gasteiger partial charge on any atom is -0.329 e. The Balaban J connectivity index is 2.17. The van der Waals surface area contributed by atoms with Crippen LogP contribution in [0, 0.1) is 5.92 Å². The minimum absolute atomic E-state index is 0.358. The standard InChI is InChI=1S/C15H21N3/c1-11(2)15(9-16)18-10-12-5-3-7-14-13(12)6-4-8-17-14/h3-8,11,15,18H,9-10,16H2,1-2H3. The Morgan fingerprint density at radius 3 is 2.78 bits per heavy atom. The topological polar surface area (TPSA) is 50.9 Å². The first-order valence-corrected chi connectivity index (χ1v) is 6.48. The van der Waals surface area contributed by atoms with Gasteiger partial charge in [0.2, 0.25) is 0 Å². The van der Waals surface area contributed by atoms with E-state index in [-0.39, 0.29) is 0 Å². The summed E-state index contributed by atoms with van der Waals surface area (Å²) in [5, 5.41) is 4.74. The zero-order valence-corrected chi connectivity index (χ0v) is 11.1. The second-order valence-corrected chi connectivity index (χ2v) is 4.95. The third-order valence-electron chi connectivity index (χ3n) is 3.35. The summed E-state index contributed by atoms with van der Waals surface area (Å²) >= 11 is 0. The van der Waals surface area contributed by atoms with Crippen molar-refractivity contribution < 1.29 is 0 Å². The van der Waals surface area contributed by atoms with Crippen molar-refractivity contribution in [3.8, 4) is 0 Å². The van der Waals surface area contributed by atoms with Crippen LogP contribution in [0.1, 0.15) is 19.4 Å². The molecule has 0 radical (unpaired) electrons. The van der Waals surface area contributed by atoms with Gasteiger partial charge in [-0.1, -0.05) is 32.0 Å². The largest absolute Gasteiger partial charge is 0.329 e. The van der Waals surface area contributed by atoms with Crippen molar-refractivity contribution in [3.63, 3.8) is 0 Å². The van der Waals surface area contributed by atoms with Gasteiger partial charge in [-0.25, -0.2) is 0 Å². The molecule has 3 nitrogen and oxygen atoms in total. The van der Waals surface area contributed by atoms with E-state index in [1.165, 1.54) is 10.9 Å². The second-order valence-electron chi connectivity index (χ2n) is 4.95.